The molecule has 2 bridgehead atoms. The molecule has 0 aromatic heterocycles. The Bertz CT molecular complexity index is 1060. The summed E-state index contributed by atoms with van der Waals surface area (Å²) in [4.78, 5) is 12.7. The maximum Gasteiger partial charge on any atom is 0.263 e. The van der Waals surface area contributed by atoms with Gasteiger partial charge in [-0.3, -0.25) is 9.52 Å². The molecule has 0 aliphatic heterocycles. The fourth-order valence-corrected chi connectivity index (χ4v) is 6.59. The summed E-state index contributed by atoms with van der Waals surface area (Å²) in [5, 5.41) is 3.61. The molecule has 4 unspecified atom stereocenters. The van der Waals surface area contributed by atoms with Crippen LogP contribution in [0.1, 0.15) is 43.0 Å². The van der Waals surface area contributed by atoms with E-state index in [1.807, 2.05) is 6.92 Å². The molecule has 2 saturated carbocycles. The van der Waals surface area contributed by atoms with Crippen molar-refractivity contribution in [2.45, 2.75) is 43.5 Å². The average Bonchev–Trinajstić information content (AvgIpc) is 3.33. The Kier molecular flexibility index (Phi) is 6.02. The van der Waals surface area contributed by atoms with Gasteiger partial charge in [0.25, 0.3) is 15.9 Å². The van der Waals surface area contributed by atoms with Gasteiger partial charge in [-0.2, -0.15) is 0 Å². The molecular formula is C22H24Cl2N2O3S. The van der Waals surface area contributed by atoms with Gasteiger partial charge in [0.1, 0.15) is 4.90 Å². The van der Waals surface area contributed by atoms with E-state index in [4.69, 9.17) is 23.2 Å². The van der Waals surface area contributed by atoms with Crippen LogP contribution >= 0.6 is 23.2 Å². The topological polar surface area (TPSA) is 75.3 Å². The van der Waals surface area contributed by atoms with Crippen molar-refractivity contribution in [3.63, 3.8) is 0 Å². The highest BCUT2D eigenvalue weighted by Gasteiger charge is 2.42. The zero-order valence-electron chi connectivity index (χ0n) is 16.6. The second kappa shape index (κ2) is 8.40. The van der Waals surface area contributed by atoms with Gasteiger partial charge in [-0.05, 0) is 86.4 Å². The molecule has 4 atom stereocenters. The Labute approximate surface area is 187 Å². The van der Waals surface area contributed by atoms with Crippen molar-refractivity contribution in [1.82, 2.24) is 5.32 Å². The zero-order chi connectivity index (χ0) is 21.5. The highest BCUT2D eigenvalue weighted by atomic mass is 35.5. The molecule has 30 heavy (non-hydrogen) atoms. The SMILES string of the molecule is CC(NC(=O)c1ccc(Cl)c(S(=O)(=O)Nc2ccc(Cl)cc2)c1)C1CC2CCC1C2. The monoisotopic (exact) mass is 466 g/mol. The van der Waals surface area contributed by atoms with Crippen molar-refractivity contribution in [1.29, 1.82) is 0 Å². The highest BCUT2D eigenvalue weighted by molar-refractivity contribution is 7.92. The summed E-state index contributed by atoms with van der Waals surface area (Å²) in [6, 6.07) is 10.6. The van der Waals surface area contributed by atoms with Gasteiger partial charge < -0.3 is 5.32 Å². The van der Waals surface area contributed by atoms with Gasteiger partial charge in [0.2, 0.25) is 0 Å². The minimum Gasteiger partial charge on any atom is -0.349 e. The van der Waals surface area contributed by atoms with E-state index in [0.29, 0.717) is 22.5 Å². The lowest BCUT2D eigenvalue weighted by Crippen LogP contribution is -2.40. The Hall–Kier alpha value is -1.76. The van der Waals surface area contributed by atoms with E-state index in [1.165, 1.54) is 31.4 Å². The lowest BCUT2D eigenvalue weighted by molar-refractivity contribution is 0.0915. The summed E-state index contributed by atoms with van der Waals surface area (Å²) < 4.78 is 28.1. The van der Waals surface area contributed by atoms with E-state index >= 15 is 0 Å². The number of anilines is 1. The first kappa shape index (κ1) is 21.5. The van der Waals surface area contributed by atoms with Crippen LogP contribution in [0.4, 0.5) is 5.69 Å². The largest absolute Gasteiger partial charge is 0.349 e. The number of benzene rings is 2. The maximum absolute atomic E-state index is 12.8. The average molecular weight is 467 g/mol. The van der Waals surface area contributed by atoms with Gasteiger partial charge in [-0.15, -0.1) is 0 Å². The van der Waals surface area contributed by atoms with Crippen LogP contribution in [-0.2, 0) is 10.0 Å². The fraction of sp³-hybridized carbons (Fsp3) is 0.409. The summed E-state index contributed by atoms with van der Waals surface area (Å²) in [5.74, 6) is 1.69. The van der Waals surface area contributed by atoms with Crippen LogP contribution in [0.15, 0.2) is 47.4 Å². The third kappa shape index (κ3) is 4.46. The predicted molar refractivity (Wildman–Crippen MR) is 120 cm³/mol. The van der Waals surface area contributed by atoms with E-state index in [2.05, 4.69) is 10.0 Å². The summed E-state index contributed by atoms with van der Waals surface area (Å²) in [6.07, 6.45) is 4.98. The molecular weight excluding hydrogens is 443 g/mol. The molecule has 2 aromatic carbocycles. The van der Waals surface area contributed by atoms with Crippen LogP contribution in [0.3, 0.4) is 0 Å². The van der Waals surface area contributed by atoms with Crippen molar-refractivity contribution in [2.75, 3.05) is 4.72 Å². The van der Waals surface area contributed by atoms with Gasteiger partial charge in [-0.1, -0.05) is 29.6 Å². The van der Waals surface area contributed by atoms with Crippen LogP contribution in [0, 0.1) is 17.8 Å². The third-order valence-electron chi connectivity index (χ3n) is 6.37. The van der Waals surface area contributed by atoms with Crippen LogP contribution in [-0.4, -0.2) is 20.4 Å². The Balaban J connectivity index is 1.50. The van der Waals surface area contributed by atoms with Crippen LogP contribution in [0.5, 0.6) is 0 Å². The number of rotatable bonds is 6. The standard InChI is InChI=1S/C22H24Cl2N2O3S/c1-13(19-11-14-2-3-15(19)10-14)25-22(27)16-4-9-20(24)21(12-16)30(28,29)26-18-7-5-17(23)6-8-18/h4-9,12-15,19,26H,2-3,10-11H2,1H3,(H,25,27). The van der Waals surface area contributed by atoms with Crippen LogP contribution in [0.2, 0.25) is 10.0 Å². The summed E-state index contributed by atoms with van der Waals surface area (Å²) in [5.41, 5.74) is 0.626. The first-order chi connectivity index (χ1) is 14.2. The number of hydrogen-bond acceptors (Lipinski definition) is 3. The minimum atomic E-state index is -3.97. The maximum atomic E-state index is 12.8. The smallest absolute Gasteiger partial charge is 0.263 e. The molecule has 0 saturated heterocycles. The molecule has 8 heteroatoms. The molecule has 0 radical (unpaired) electrons. The van der Waals surface area contributed by atoms with Crippen molar-refractivity contribution >= 4 is 44.8 Å². The van der Waals surface area contributed by atoms with Gasteiger partial charge in [0.05, 0.1) is 5.02 Å². The Morgan fingerprint density at radius 3 is 2.43 bits per heavy atom. The fourth-order valence-electron chi connectivity index (χ4n) is 4.88. The molecule has 160 valence electrons. The first-order valence-corrected chi connectivity index (χ1v) is 12.4. The van der Waals surface area contributed by atoms with Gasteiger partial charge in [0.15, 0.2) is 0 Å². The van der Waals surface area contributed by atoms with E-state index < -0.39 is 10.0 Å². The molecule has 2 aliphatic rings. The minimum absolute atomic E-state index is 0.0502. The molecule has 4 rings (SSSR count). The molecule has 2 fully saturated rings. The van der Waals surface area contributed by atoms with Crippen molar-refractivity contribution < 1.29 is 13.2 Å². The van der Waals surface area contributed by atoms with E-state index in [1.54, 1.807) is 30.3 Å². The third-order valence-corrected chi connectivity index (χ3v) is 8.49. The second-order valence-electron chi connectivity index (χ2n) is 8.36. The summed E-state index contributed by atoms with van der Waals surface area (Å²) in [6.45, 7) is 2.04. The van der Waals surface area contributed by atoms with Crippen molar-refractivity contribution in [3.05, 3.63) is 58.1 Å². The Morgan fingerprint density at radius 2 is 1.80 bits per heavy atom. The van der Waals surface area contributed by atoms with Gasteiger partial charge in [-0.25, -0.2) is 8.42 Å². The van der Waals surface area contributed by atoms with Crippen molar-refractivity contribution in [3.8, 4) is 0 Å². The van der Waals surface area contributed by atoms with E-state index in [0.717, 1.165) is 12.3 Å². The Morgan fingerprint density at radius 1 is 1.07 bits per heavy atom. The second-order valence-corrected chi connectivity index (χ2v) is 10.9. The number of fused-ring (bicyclic) bond motifs is 2. The zero-order valence-corrected chi connectivity index (χ0v) is 18.9. The van der Waals surface area contributed by atoms with E-state index in [9.17, 15) is 13.2 Å². The normalized spacial score (nSPS) is 23.9. The molecule has 2 N–H and O–H groups in total. The summed E-state index contributed by atoms with van der Waals surface area (Å²) >= 11 is 12.0. The number of sulfonamides is 1. The number of amides is 1. The van der Waals surface area contributed by atoms with Crippen molar-refractivity contribution in [2.24, 2.45) is 17.8 Å². The lowest BCUT2D eigenvalue weighted by Gasteiger charge is -2.28. The number of hydrogen-bond donors (Lipinski definition) is 2. The summed E-state index contributed by atoms with van der Waals surface area (Å²) in [7, 11) is -3.97. The molecule has 0 spiro atoms. The number of carbonyl (C=O) groups is 1. The molecule has 5 nitrogen and oxygen atoms in total. The molecule has 1 amide bonds. The quantitative estimate of drug-likeness (QED) is 0.602. The molecule has 0 heterocycles. The predicted octanol–water partition coefficient (Wildman–Crippen LogP) is 5.35. The highest BCUT2D eigenvalue weighted by Crippen LogP contribution is 2.49. The van der Waals surface area contributed by atoms with E-state index in [-0.39, 0.29) is 27.4 Å². The van der Waals surface area contributed by atoms with Crippen LogP contribution in [0.25, 0.3) is 0 Å². The molecule has 2 aliphatic carbocycles. The van der Waals surface area contributed by atoms with Gasteiger partial charge in [0, 0.05) is 22.3 Å². The number of carbonyl (C=O) groups excluding carboxylic acids is 1. The molecule has 2 aromatic rings. The number of halogens is 2. The lowest BCUT2D eigenvalue weighted by atomic mass is 9.84. The van der Waals surface area contributed by atoms with Crippen LogP contribution < -0.4 is 10.0 Å². The van der Waals surface area contributed by atoms with Gasteiger partial charge >= 0.3 is 0 Å². The number of nitrogens with one attached hydrogen (secondary N) is 2. The first-order valence-electron chi connectivity index (χ1n) is 10.1.